The van der Waals surface area contributed by atoms with Gasteiger partial charge in [-0.1, -0.05) is 12.1 Å². The predicted octanol–water partition coefficient (Wildman–Crippen LogP) is 3.62. The first-order chi connectivity index (χ1) is 10.7. The number of rotatable bonds is 7. The topological polar surface area (TPSA) is 58.2 Å². The maximum atomic E-state index is 11.9. The van der Waals surface area contributed by atoms with Crippen molar-refractivity contribution in [1.82, 2.24) is 5.32 Å². The number of carbonyl (C=O) groups is 2. The number of thiophene rings is 1. The predicted molar refractivity (Wildman–Crippen MR) is 92.7 cm³/mol. The van der Waals surface area contributed by atoms with Crippen molar-refractivity contribution in [2.45, 2.75) is 17.7 Å². The summed E-state index contributed by atoms with van der Waals surface area (Å²) in [6.07, 6.45) is 3.00. The van der Waals surface area contributed by atoms with E-state index >= 15 is 0 Å². The summed E-state index contributed by atoms with van der Waals surface area (Å²) in [4.78, 5) is 25.4. The molecule has 2 aromatic rings. The molecule has 0 saturated heterocycles. The minimum atomic E-state index is -0.0805. The van der Waals surface area contributed by atoms with Gasteiger partial charge in [0.2, 0.25) is 5.91 Å². The fourth-order valence-electron chi connectivity index (χ4n) is 1.87. The van der Waals surface area contributed by atoms with Crippen LogP contribution in [0.1, 0.15) is 22.5 Å². The number of hydrogen-bond donors (Lipinski definition) is 2. The molecule has 1 heterocycles. The van der Waals surface area contributed by atoms with Gasteiger partial charge in [-0.3, -0.25) is 9.59 Å². The molecule has 0 fully saturated rings. The maximum Gasteiger partial charge on any atom is 0.261 e. The molecular weight excluding hydrogens is 316 g/mol. The fraction of sp³-hybridized carbons (Fsp3) is 0.250. The van der Waals surface area contributed by atoms with Gasteiger partial charge in [-0.15, -0.1) is 23.1 Å². The van der Waals surface area contributed by atoms with Crippen LogP contribution in [0.2, 0.25) is 0 Å². The molecule has 0 atom stereocenters. The highest BCUT2D eigenvalue weighted by Crippen LogP contribution is 2.19. The van der Waals surface area contributed by atoms with Gasteiger partial charge in [0.25, 0.3) is 5.91 Å². The Morgan fingerprint density at radius 1 is 1.23 bits per heavy atom. The zero-order chi connectivity index (χ0) is 15.8. The first kappa shape index (κ1) is 16.6. The molecule has 22 heavy (non-hydrogen) atoms. The highest BCUT2D eigenvalue weighted by Gasteiger charge is 2.06. The van der Waals surface area contributed by atoms with Crippen molar-refractivity contribution in [3.05, 3.63) is 46.7 Å². The lowest BCUT2D eigenvalue weighted by molar-refractivity contribution is -0.116. The largest absolute Gasteiger partial charge is 0.351 e. The van der Waals surface area contributed by atoms with E-state index in [1.807, 2.05) is 42.0 Å². The lowest BCUT2D eigenvalue weighted by Gasteiger charge is -2.07. The van der Waals surface area contributed by atoms with Gasteiger partial charge in [0.1, 0.15) is 0 Å². The van der Waals surface area contributed by atoms with Crippen LogP contribution in [0.4, 0.5) is 5.69 Å². The highest BCUT2D eigenvalue weighted by molar-refractivity contribution is 7.98. The molecule has 6 heteroatoms. The van der Waals surface area contributed by atoms with Crippen LogP contribution in [0, 0.1) is 0 Å². The molecule has 0 bridgehead atoms. The third kappa shape index (κ3) is 5.20. The molecular formula is C16H18N2O2S2. The van der Waals surface area contributed by atoms with E-state index in [1.165, 1.54) is 11.3 Å². The van der Waals surface area contributed by atoms with Crippen molar-refractivity contribution >= 4 is 40.6 Å². The zero-order valence-corrected chi connectivity index (χ0v) is 13.9. The summed E-state index contributed by atoms with van der Waals surface area (Å²) < 4.78 is 0. The zero-order valence-electron chi connectivity index (χ0n) is 12.3. The molecule has 2 amide bonds. The first-order valence-corrected chi connectivity index (χ1v) is 9.05. The van der Waals surface area contributed by atoms with Gasteiger partial charge in [0.05, 0.1) is 4.88 Å². The van der Waals surface area contributed by atoms with E-state index in [0.29, 0.717) is 24.3 Å². The average Bonchev–Trinajstić information content (AvgIpc) is 3.06. The molecule has 2 N–H and O–H groups in total. The number of carbonyl (C=O) groups excluding carboxylic acids is 2. The van der Waals surface area contributed by atoms with E-state index in [2.05, 4.69) is 10.6 Å². The molecule has 2 rings (SSSR count). The SMILES string of the molecule is CSc1cccc(NC(=O)CCCNC(=O)c2cccs2)c1. The van der Waals surface area contributed by atoms with Gasteiger partial charge in [0.15, 0.2) is 0 Å². The van der Waals surface area contributed by atoms with E-state index < -0.39 is 0 Å². The molecule has 1 aromatic carbocycles. The molecule has 1 aromatic heterocycles. The van der Waals surface area contributed by atoms with E-state index in [9.17, 15) is 9.59 Å². The van der Waals surface area contributed by atoms with E-state index in [0.717, 1.165) is 10.6 Å². The minimum Gasteiger partial charge on any atom is -0.351 e. The molecule has 0 saturated carbocycles. The normalized spacial score (nSPS) is 10.2. The second-order valence-electron chi connectivity index (χ2n) is 4.62. The van der Waals surface area contributed by atoms with Crippen LogP contribution >= 0.6 is 23.1 Å². The van der Waals surface area contributed by atoms with Crippen LogP contribution in [-0.4, -0.2) is 24.6 Å². The standard InChI is InChI=1S/C16H18N2O2S2/c1-21-13-6-2-5-12(11-13)18-15(19)8-3-9-17-16(20)14-7-4-10-22-14/h2,4-7,10-11H,3,8-9H2,1H3,(H,17,20)(H,18,19). The summed E-state index contributed by atoms with van der Waals surface area (Å²) >= 11 is 3.04. The van der Waals surface area contributed by atoms with Crippen molar-refractivity contribution in [2.24, 2.45) is 0 Å². The average molecular weight is 334 g/mol. The summed E-state index contributed by atoms with van der Waals surface area (Å²) in [7, 11) is 0. The summed E-state index contributed by atoms with van der Waals surface area (Å²) in [6.45, 7) is 0.495. The number of anilines is 1. The van der Waals surface area contributed by atoms with Gasteiger partial charge < -0.3 is 10.6 Å². The Hall–Kier alpha value is -1.79. The second kappa shape index (κ2) is 8.60. The van der Waals surface area contributed by atoms with Gasteiger partial charge in [-0.05, 0) is 42.3 Å². The third-order valence-corrected chi connectivity index (χ3v) is 4.56. The Bertz CT molecular complexity index is 627. The van der Waals surface area contributed by atoms with E-state index in [1.54, 1.807) is 17.8 Å². The second-order valence-corrected chi connectivity index (χ2v) is 6.44. The lowest BCUT2D eigenvalue weighted by atomic mass is 10.2. The van der Waals surface area contributed by atoms with Gasteiger partial charge in [-0.2, -0.15) is 0 Å². The Kier molecular flexibility index (Phi) is 6.48. The number of hydrogen-bond acceptors (Lipinski definition) is 4. The number of benzene rings is 1. The quantitative estimate of drug-likeness (QED) is 0.600. The van der Waals surface area contributed by atoms with Crippen LogP contribution in [0.5, 0.6) is 0 Å². The van der Waals surface area contributed by atoms with Crippen molar-refractivity contribution < 1.29 is 9.59 Å². The summed E-state index contributed by atoms with van der Waals surface area (Å²) in [5, 5.41) is 7.55. The Morgan fingerprint density at radius 2 is 2.09 bits per heavy atom. The summed E-state index contributed by atoms with van der Waals surface area (Å²) in [5.41, 5.74) is 0.805. The Morgan fingerprint density at radius 3 is 2.82 bits per heavy atom. The van der Waals surface area contributed by atoms with E-state index in [4.69, 9.17) is 0 Å². The van der Waals surface area contributed by atoms with Crippen LogP contribution in [0.25, 0.3) is 0 Å². The van der Waals surface area contributed by atoms with Crippen molar-refractivity contribution in [2.75, 3.05) is 18.1 Å². The van der Waals surface area contributed by atoms with Crippen LogP contribution in [-0.2, 0) is 4.79 Å². The number of nitrogens with one attached hydrogen (secondary N) is 2. The fourth-order valence-corrected chi connectivity index (χ4v) is 2.97. The van der Waals surface area contributed by atoms with Crippen molar-refractivity contribution in [1.29, 1.82) is 0 Å². The molecule has 0 unspecified atom stereocenters. The molecule has 0 aliphatic carbocycles. The summed E-state index contributed by atoms with van der Waals surface area (Å²) in [5.74, 6) is -0.119. The molecule has 0 aliphatic heterocycles. The third-order valence-electron chi connectivity index (χ3n) is 2.96. The monoisotopic (exact) mass is 334 g/mol. The molecule has 116 valence electrons. The number of thioether (sulfide) groups is 1. The first-order valence-electron chi connectivity index (χ1n) is 6.94. The molecule has 4 nitrogen and oxygen atoms in total. The Balaban J connectivity index is 1.68. The summed E-state index contributed by atoms with van der Waals surface area (Å²) in [6, 6.07) is 11.4. The van der Waals surface area contributed by atoms with Crippen LogP contribution in [0.3, 0.4) is 0 Å². The Labute approximate surface area is 138 Å². The van der Waals surface area contributed by atoms with Gasteiger partial charge >= 0.3 is 0 Å². The van der Waals surface area contributed by atoms with Crippen LogP contribution in [0.15, 0.2) is 46.7 Å². The lowest BCUT2D eigenvalue weighted by Crippen LogP contribution is -2.24. The van der Waals surface area contributed by atoms with Gasteiger partial charge in [-0.25, -0.2) is 0 Å². The maximum absolute atomic E-state index is 11.9. The van der Waals surface area contributed by atoms with Crippen molar-refractivity contribution in [3.63, 3.8) is 0 Å². The van der Waals surface area contributed by atoms with Crippen molar-refractivity contribution in [3.8, 4) is 0 Å². The minimum absolute atomic E-state index is 0.0383. The molecule has 0 spiro atoms. The molecule has 0 radical (unpaired) electrons. The van der Waals surface area contributed by atoms with Gasteiger partial charge in [0, 0.05) is 23.5 Å². The highest BCUT2D eigenvalue weighted by atomic mass is 32.2. The smallest absolute Gasteiger partial charge is 0.261 e. The number of amides is 2. The molecule has 0 aliphatic rings. The van der Waals surface area contributed by atoms with Crippen LogP contribution < -0.4 is 10.6 Å². The van der Waals surface area contributed by atoms with E-state index in [-0.39, 0.29) is 11.8 Å².